The number of carbonyl (C=O) groups is 1. The first-order chi connectivity index (χ1) is 32.3. The number of hydrogen-bond acceptors (Lipinski definition) is 13. The molecule has 0 atom stereocenters. The minimum absolute atomic E-state index is 0. The van der Waals surface area contributed by atoms with Gasteiger partial charge in [0.25, 0.3) is 6.47 Å². The third kappa shape index (κ3) is 12.9. The molecule has 362 valence electrons. The van der Waals surface area contributed by atoms with Crippen LogP contribution in [-0.2, 0) is 19.0 Å². The van der Waals surface area contributed by atoms with E-state index in [0.717, 1.165) is 118 Å². The summed E-state index contributed by atoms with van der Waals surface area (Å²) in [7, 11) is -0.316. The number of imidazole rings is 2. The first-order valence-corrected chi connectivity index (χ1v) is 24.1. The number of halogens is 1. The van der Waals surface area contributed by atoms with E-state index in [-0.39, 0.29) is 164 Å². The number of carbonyl (C=O) groups excluding carboxylic acids is 1. The van der Waals surface area contributed by atoms with Gasteiger partial charge in [-0.3, -0.25) is 15.0 Å². The van der Waals surface area contributed by atoms with Crippen molar-refractivity contribution in [1.82, 2.24) is 50.6 Å². The van der Waals surface area contributed by atoms with Crippen LogP contribution in [0.25, 0.3) is 55.4 Å². The molecule has 7 heterocycles. The van der Waals surface area contributed by atoms with Crippen molar-refractivity contribution in [2.24, 2.45) is 0 Å². The molecule has 0 spiro atoms. The standard InChI is InChI=1S/C20H21N5O.C15H14IN3O.C11H19BN2O2.C2H6.CH2O3.2Cs.H/c1-9-17(10(2)24-23-9)15-7-14(18-11(3)25-26-12(18)4)8-16-19(15)22-20(21-16)13-5-6-13;1-7-13(8(2)20-19-7)10-5-11(16)14-12(6-10)17-15(18-14)9-3-4-9;1-7-9(8(2)14-13-7)12-15-10(3,4)11(5,6)16-12;1-2;2-1-4-3;;;/h7-8,13H,5-6H2,1-4H3,(H,21,22)(H,23,24);5-6,9H,3-4H2,1-2H3,(H,17,18);1-6H3,(H,13,14);1-2H3;1,3H;;;/q;;;;;2*+1;-1/p-1. The van der Waals surface area contributed by atoms with Crippen LogP contribution < -0.4 is 149 Å². The molecule has 0 bridgehead atoms. The molecule has 2 saturated carbocycles. The molecule has 70 heavy (non-hydrogen) atoms. The van der Waals surface area contributed by atoms with Crippen LogP contribution in [-0.4, -0.2) is 75.4 Å². The van der Waals surface area contributed by atoms with Gasteiger partial charge >= 0.3 is 145 Å². The third-order valence-corrected chi connectivity index (χ3v) is 13.7. The average molecular weight is 1310 g/mol. The van der Waals surface area contributed by atoms with E-state index in [1.807, 2.05) is 62.3 Å². The molecule has 17 nitrogen and oxygen atoms in total. The normalized spacial score (nSPS) is 15.3. The Hall–Kier alpha value is -1.53. The van der Waals surface area contributed by atoms with Gasteiger partial charge in [0.2, 0.25) is 0 Å². The predicted molar refractivity (Wildman–Crippen MR) is 269 cm³/mol. The van der Waals surface area contributed by atoms with Crippen molar-refractivity contribution in [3.8, 4) is 33.4 Å². The first kappa shape index (κ1) is 59.3. The van der Waals surface area contributed by atoms with Gasteiger partial charge < -0.3 is 39.9 Å². The molecule has 1 saturated heterocycles. The Labute approximate surface area is 542 Å². The predicted octanol–water partition coefficient (Wildman–Crippen LogP) is 3.94. The molecule has 3 aliphatic rings. The molecule has 2 aromatic carbocycles. The number of hydrogen-bond donors (Lipinski definition) is 4. The van der Waals surface area contributed by atoms with Gasteiger partial charge in [-0.25, -0.2) is 9.97 Å². The zero-order chi connectivity index (χ0) is 49.4. The Morgan fingerprint density at radius 3 is 1.53 bits per heavy atom. The molecule has 0 amide bonds. The van der Waals surface area contributed by atoms with Crippen molar-refractivity contribution in [2.75, 3.05) is 0 Å². The van der Waals surface area contributed by atoms with Gasteiger partial charge in [-0.2, -0.15) is 10.2 Å². The molecule has 1 aliphatic heterocycles. The summed E-state index contributed by atoms with van der Waals surface area (Å²) in [4.78, 5) is 28.0. The Balaban J connectivity index is 0.000000220. The number of aryl methyl sites for hydroxylation is 8. The van der Waals surface area contributed by atoms with Crippen LogP contribution in [0, 0.1) is 59.0 Å². The van der Waals surface area contributed by atoms with Crippen LogP contribution in [0.1, 0.15) is 138 Å². The van der Waals surface area contributed by atoms with Gasteiger partial charge in [0.05, 0.1) is 50.5 Å². The summed E-state index contributed by atoms with van der Waals surface area (Å²) in [6.45, 7) is 27.9. The molecular formula is C49H62BCs2IN10O7. The second kappa shape index (κ2) is 24.9. The molecule has 0 unspecified atom stereocenters. The number of aromatic nitrogens is 10. The van der Waals surface area contributed by atoms with Gasteiger partial charge in [0.15, 0.2) is 0 Å². The van der Waals surface area contributed by atoms with Crippen molar-refractivity contribution in [3.63, 3.8) is 0 Å². The first-order valence-electron chi connectivity index (χ1n) is 23.0. The molecule has 0 radical (unpaired) electrons. The van der Waals surface area contributed by atoms with E-state index in [0.29, 0.717) is 11.8 Å². The number of aromatic amines is 4. The van der Waals surface area contributed by atoms with Gasteiger partial charge in [-0.05, 0) is 167 Å². The van der Waals surface area contributed by atoms with E-state index < -0.39 is 0 Å². The fraction of sp³-hybridized carbons (Fsp3) is 0.449. The van der Waals surface area contributed by atoms with Crippen LogP contribution >= 0.6 is 22.6 Å². The van der Waals surface area contributed by atoms with Gasteiger partial charge in [0.1, 0.15) is 28.7 Å². The zero-order valence-corrected chi connectivity index (χ0v) is 58.1. The number of nitrogens with one attached hydrogen (secondary N) is 4. The van der Waals surface area contributed by atoms with E-state index >= 15 is 0 Å². The summed E-state index contributed by atoms with van der Waals surface area (Å²) in [5.74, 6) is 5.13. The van der Waals surface area contributed by atoms with Crippen molar-refractivity contribution < 1.29 is 173 Å². The Morgan fingerprint density at radius 2 is 1.13 bits per heavy atom. The van der Waals surface area contributed by atoms with Gasteiger partial charge in [-0.15, -0.1) is 0 Å². The summed E-state index contributed by atoms with van der Waals surface area (Å²) in [6, 6.07) is 8.67. The van der Waals surface area contributed by atoms with Gasteiger partial charge in [-0.1, -0.05) is 24.2 Å². The zero-order valence-electron chi connectivity index (χ0n) is 44.4. The van der Waals surface area contributed by atoms with E-state index in [2.05, 4.69) is 127 Å². The fourth-order valence-corrected chi connectivity index (χ4v) is 9.16. The van der Waals surface area contributed by atoms with Gasteiger partial charge in [0, 0.05) is 54.5 Å². The molecular weight excluding hydrogens is 1240 g/mol. The molecule has 11 rings (SSSR count). The molecule has 2 aliphatic carbocycles. The third-order valence-electron chi connectivity index (χ3n) is 12.8. The van der Waals surface area contributed by atoms with Crippen LogP contribution in [0.15, 0.2) is 33.3 Å². The van der Waals surface area contributed by atoms with Crippen molar-refractivity contribution in [2.45, 2.75) is 146 Å². The van der Waals surface area contributed by atoms with E-state index in [4.69, 9.17) is 38.4 Å². The quantitative estimate of drug-likeness (QED) is 0.0583. The van der Waals surface area contributed by atoms with E-state index in [1.54, 1.807) is 0 Å². The number of benzene rings is 2. The Morgan fingerprint density at radius 1 is 0.686 bits per heavy atom. The number of fused-ring (bicyclic) bond motifs is 2. The largest absolute Gasteiger partial charge is 1.00 e. The van der Waals surface area contributed by atoms with E-state index in [9.17, 15) is 0 Å². The SMILES string of the molecule is CC.Cc1n[nH]c(C)c1-c1cc(-c2c(C)noc2C)cc2[nH]c(C3CC3)nc12.Cc1n[nH]c(C)c1B1OC(C)(C)C(C)(C)O1.Cc1noc(C)c1-c1cc(I)c2nc(C3CC3)[nH]c2c1.O=CO[O-].[Cs+].[Cs+].[H-]. The number of nitrogens with zero attached hydrogens (tertiary/aromatic N) is 6. The molecule has 6 aromatic heterocycles. The maximum absolute atomic E-state index is 8.64. The molecule has 8 aromatic rings. The van der Waals surface area contributed by atoms with Crippen molar-refractivity contribution in [1.29, 1.82) is 0 Å². The minimum atomic E-state index is -0.316. The maximum Gasteiger partial charge on any atom is 1.00 e. The summed E-state index contributed by atoms with van der Waals surface area (Å²) in [6.07, 6.45) is 4.95. The Kier molecular flexibility index (Phi) is 21.1. The van der Waals surface area contributed by atoms with Crippen molar-refractivity contribution in [3.05, 3.63) is 85.2 Å². The van der Waals surface area contributed by atoms with E-state index in [1.165, 1.54) is 29.3 Å². The van der Waals surface area contributed by atoms with Crippen LogP contribution in [0.4, 0.5) is 0 Å². The maximum atomic E-state index is 8.64. The number of rotatable bonds is 7. The monoisotopic (exact) mass is 1310 g/mol. The number of H-pyrrole nitrogens is 4. The second-order valence-corrected chi connectivity index (χ2v) is 19.6. The van der Waals surface area contributed by atoms with Crippen LogP contribution in [0.3, 0.4) is 0 Å². The molecule has 3 fully saturated rings. The fourth-order valence-electron chi connectivity index (χ4n) is 8.42. The smallest absolute Gasteiger partial charge is 1.00 e. The van der Waals surface area contributed by atoms with Crippen LogP contribution in [0.2, 0.25) is 0 Å². The van der Waals surface area contributed by atoms with Crippen molar-refractivity contribution >= 4 is 63.7 Å². The topological polar surface area (TPSA) is 235 Å². The summed E-state index contributed by atoms with van der Waals surface area (Å²) in [5, 5.41) is 31.2. The van der Waals surface area contributed by atoms with Crippen LogP contribution in [0.5, 0.6) is 0 Å². The second-order valence-electron chi connectivity index (χ2n) is 18.4. The minimum Gasteiger partial charge on any atom is -1.00 e. The summed E-state index contributed by atoms with van der Waals surface area (Å²) >= 11 is 2.36. The summed E-state index contributed by atoms with van der Waals surface area (Å²) < 4.78 is 23.8. The average Bonchev–Trinajstić information content (AvgIpc) is 4.03. The molecule has 4 N–H and O–H groups in total. The summed E-state index contributed by atoms with van der Waals surface area (Å²) in [5.41, 5.74) is 17.1. The Bertz CT molecular complexity index is 2980. The molecule has 21 heteroatoms.